The van der Waals surface area contributed by atoms with Crippen LogP contribution in [-0.2, 0) is 10.2 Å². The fourth-order valence-corrected chi connectivity index (χ4v) is 2.68. The zero-order chi connectivity index (χ0) is 9.90. The summed E-state index contributed by atoms with van der Waals surface area (Å²) in [7, 11) is -1.77. The zero-order valence-electron chi connectivity index (χ0n) is 7.73. The Morgan fingerprint density at radius 2 is 2.00 bits per heavy atom. The Morgan fingerprint density at radius 1 is 1.46 bits per heavy atom. The van der Waals surface area contributed by atoms with E-state index in [-0.39, 0.29) is 6.54 Å². The molecule has 1 heterocycles. The van der Waals surface area contributed by atoms with E-state index in [1.807, 2.05) is 0 Å². The second-order valence-corrected chi connectivity index (χ2v) is 5.11. The minimum atomic E-state index is -3.28. The number of nitrogens with zero attached hydrogens (tertiary/aromatic N) is 2. The lowest BCUT2D eigenvalue weighted by atomic mass is 10.4. The van der Waals surface area contributed by atoms with Crippen LogP contribution in [0.25, 0.3) is 0 Å². The molecule has 5 heteroatoms. The van der Waals surface area contributed by atoms with Crippen molar-refractivity contribution in [3.63, 3.8) is 0 Å². The van der Waals surface area contributed by atoms with Crippen molar-refractivity contribution in [2.75, 3.05) is 26.7 Å². The van der Waals surface area contributed by atoms with Crippen LogP contribution < -0.4 is 0 Å². The summed E-state index contributed by atoms with van der Waals surface area (Å²) in [6, 6.07) is 0. The summed E-state index contributed by atoms with van der Waals surface area (Å²) in [6.07, 6.45) is 6.95. The van der Waals surface area contributed by atoms with Gasteiger partial charge in [-0.05, 0) is 12.8 Å². The molecule has 1 aliphatic heterocycles. The molecule has 4 nitrogen and oxygen atoms in total. The first-order valence-corrected chi connectivity index (χ1v) is 5.63. The maximum Gasteiger partial charge on any atom is 0.282 e. The normalized spacial score (nSPS) is 19.2. The van der Waals surface area contributed by atoms with Crippen LogP contribution in [0.5, 0.6) is 0 Å². The molecule has 1 saturated heterocycles. The molecule has 0 N–H and O–H groups in total. The van der Waals surface area contributed by atoms with Crippen LogP contribution in [0, 0.1) is 12.3 Å². The molecular weight excluding hydrogens is 188 g/mol. The minimum Gasteiger partial charge on any atom is -0.195 e. The molecule has 0 bridgehead atoms. The summed E-state index contributed by atoms with van der Waals surface area (Å²) in [6.45, 7) is 1.38. The summed E-state index contributed by atoms with van der Waals surface area (Å²) in [5, 5.41) is 0. The van der Waals surface area contributed by atoms with Crippen molar-refractivity contribution in [2.24, 2.45) is 0 Å². The van der Waals surface area contributed by atoms with Gasteiger partial charge < -0.3 is 0 Å². The predicted molar refractivity (Wildman–Crippen MR) is 51.2 cm³/mol. The molecule has 1 aliphatic rings. The van der Waals surface area contributed by atoms with Crippen molar-refractivity contribution in [1.29, 1.82) is 0 Å². The summed E-state index contributed by atoms with van der Waals surface area (Å²) in [5.74, 6) is 2.32. The number of hydrogen-bond acceptors (Lipinski definition) is 2. The lowest BCUT2D eigenvalue weighted by Crippen LogP contribution is -2.40. The van der Waals surface area contributed by atoms with Crippen LogP contribution in [0.15, 0.2) is 0 Å². The molecule has 0 aromatic heterocycles. The van der Waals surface area contributed by atoms with Crippen LogP contribution in [0.2, 0.25) is 0 Å². The van der Waals surface area contributed by atoms with Crippen LogP contribution in [0.1, 0.15) is 12.8 Å². The van der Waals surface area contributed by atoms with Crippen LogP contribution in [0.3, 0.4) is 0 Å². The number of hydrogen-bond donors (Lipinski definition) is 0. The first-order valence-electron chi connectivity index (χ1n) is 4.24. The molecule has 74 valence electrons. The fraction of sp³-hybridized carbons (Fsp3) is 0.750. The van der Waals surface area contributed by atoms with E-state index in [1.54, 1.807) is 0 Å². The van der Waals surface area contributed by atoms with Gasteiger partial charge in [-0.2, -0.15) is 17.0 Å². The van der Waals surface area contributed by atoms with Gasteiger partial charge in [-0.25, -0.2) is 0 Å². The van der Waals surface area contributed by atoms with E-state index in [1.165, 1.54) is 15.7 Å². The average molecular weight is 202 g/mol. The van der Waals surface area contributed by atoms with E-state index in [2.05, 4.69) is 5.92 Å². The third-order valence-electron chi connectivity index (χ3n) is 2.10. The van der Waals surface area contributed by atoms with Gasteiger partial charge in [-0.15, -0.1) is 6.42 Å². The molecule has 0 spiro atoms. The molecule has 0 unspecified atom stereocenters. The van der Waals surface area contributed by atoms with Gasteiger partial charge in [-0.1, -0.05) is 5.92 Å². The molecule has 0 amide bonds. The molecule has 0 atom stereocenters. The lowest BCUT2D eigenvalue weighted by Gasteiger charge is -2.21. The number of rotatable bonds is 3. The molecule has 0 radical (unpaired) electrons. The Hall–Kier alpha value is -0.570. The molecule has 0 aromatic carbocycles. The Balaban J connectivity index is 2.70. The molecular formula is C8H14N2O2S. The van der Waals surface area contributed by atoms with Crippen molar-refractivity contribution >= 4 is 10.2 Å². The SMILES string of the molecule is C#CCN(C)S(=O)(=O)N1CCCC1. The summed E-state index contributed by atoms with van der Waals surface area (Å²) in [5.41, 5.74) is 0. The highest BCUT2D eigenvalue weighted by molar-refractivity contribution is 7.86. The molecule has 1 fully saturated rings. The minimum absolute atomic E-state index is 0.138. The van der Waals surface area contributed by atoms with E-state index >= 15 is 0 Å². The highest BCUT2D eigenvalue weighted by atomic mass is 32.2. The summed E-state index contributed by atoms with van der Waals surface area (Å²) >= 11 is 0. The zero-order valence-corrected chi connectivity index (χ0v) is 8.55. The third kappa shape index (κ3) is 2.21. The van der Waals surface area contributed by atoms with Crippen molar-refractivity contribution in [3.05, 3.63) is 0 Å². The van der Waals surface area contributed by atoms with Gasteiger partial charge in [0.2, 0.25) is 0 Å². The van der Waals surface area contributed by atoms with E-state index in [0.717, 1.165) is 12.8 Å². The van der Waals surface area contributed by atoms with Gasteiger partial charge in [0.25, 0.3) is 10.2 Å². The van der Waals surface area contributed by atoms with Gasteiger partial charge >= 0.3 is 0 Å². The van der Waals surface area contributed by atoms with E-state index in [4.69, 9.17) is 6.42 Å². The van der Waals surface area contributed by atoms with E-state index in [0.29, 0.717) is 13.1 Å². The largest absolute Gasteiger partial charge is 0.282 e. The maximum atomic E-state index is 11.7. The number of terminal acetylenes is 1. The highest BCUT2D eigenvalue weighted by Crippen LogP contribution is 2.14. The van der Waals surface area contributed by atoms with Gasteiger partial charge in [0, 0.05) is 20.1 Å². The van der Waals surface area contributed by atoms with Crippen LogP contribution in [-0.4, -0.2) is 43.7 Å². The van der Waals surface area contributed by atoms with Crippen LogP contribution >= 0.6 is 0 Å². The van der Waals surface area contributed by atoms with E-state index in [9.17, 15) is 8.42 Å². The Morgan fingerprint density at radius 3 is 2.46 bits per heavy atom. The monoisotopic (exact) mass is 202 g/mol. The average Bonchev–Trinajstić information content (AvgIpc) is 2.56. The third-order valence-corrected chi connectivity index (χ3v) is 4.03. The van der Waals surface area contributed by atoms with Crippen molar-refractivity contribution in [1.82, 2.24) is 8.61 Å². The van der Waals surface area contributed by atoms with Gasteiger partial charge in [0.15, 0.2) is 0 Å². The molecule has 0 aliphatic carbocycles. The van der Waals surface area contributed by atoms with Crippen molar-refractivity contribution < 1.29 is 8.42 Å². The second kappa shape index (κ2) is 4.09. The second-order valence-electron chi connectivity index (χ2n) is 3.07. The van der Waals surface area contributed by atoms with E-state index < -0.39 is 10.2 Å². The first-order chi connectivity index (χ1) is 6.09. The van der Waals surface area contributed by atoms with Gasteiger partial charge in [0.05, 0.1) is 6.54 Å². The topological polar surface area (TPSA) is 40.6 Å². The Kier molecular flexibility index (Phi) is 3.31. The Labute approximate surface area is 79.7 Å². The molecule has 0 aromatic rings. The molecule has 13 heavy (non-hydrogen) atoms. The molecule has 1 rings (SSSR count). The first kappa shape index (κ1) is 10.5. The van der Waals surface area contributed by atoms with Crippen molar-refractivity contribution in [2.45, 2.75) is 12.8 Å². The highest BCUT2D eigenvalue weighted by Gasteiger charge is 2.28. The summed E-state index contributed by atoms with van der Waals surface area (Å²) < 4.78 is 26.0. The smallest absolute Gasteiger partial charge is 0.195 e. The molecule has 0 saturated carbocycles. The van der Waals surface area contributed by atoms with Crippen LogP contribution in [0.4, 0.5) is 0 Å². The van der Waals surface area contributed by atoms with Gasteiger partial charge in [0.1, 0.15) is 0 Å². The maximum absolute atomic E-state index is 11.7. The lowest BCUT2D eigenvalue weighted by molar-refractivity contribution is 0.412. The van der Waals surface area contributed by atoms with Gasteiger partial charge in [-0.3, -0.25) is 0 Å². The standard InChI is InChI=1S/C8H14N2O2S/c1-3-6-9(2)13(11,12)10-7-4-5-8-10/h1H,4-8H2,2H3. The van der Waals surface area contributed by atoms with Crippen molar-refractivity contribution in [3.8, 4) is 12.3 Å². The quantitative estimate of drug-likeness (QED) is 0.599. The Bertz CT molecular complexity index is 299. The summed E-state index contributed by atoms with van der Waals surface area (Å²) in [4.78, 5) is 0. The predicted octanol–water partition coefficient (Wildman–Crippen LogP) is -0.108. The fourth-order valence-electron chi connectivity index (χ4n) is 1.33.